The lowest BCUT2D eigenvalue weighted by atomic mass is 9.98. The minimum Gasteiger partial charge on any atom is -0.382 e. The SMILES string of the molecule is CN1CCCC(CNc2cnn(-c3ccc([N+](=O)[O-])cc3)c(=O)c2Cl)C1. The Morgan fingerprint density at radius 3 is 2.77 bits per heavy atom. The Morgan fingerprint density at radius 2 is 2.12 bits per heavy atom. The third-order valence-corrected chi connectivity index (χ3v) is 4.89. The van der Waals surface area contributed by atoms with Crippen LogP contribution in [0.2, 0.25) is 5.02 Å². The standard InChI is InChI=1S/C17H20ClN5O3/c1-21-8-2-3-12(11-21)9-19-15-10-20-22(17(24)16(15)18)13-4-6-14(7-5-13)23(25)26/h4-7,10,12,19H,2-3,8-9,11H2,1H3. The minimum atomic E-state index is -0.497. The van der Waals surface area contributed by atoms with Crippen LogP contribution >= 0.6 is 11.6 Å². The monoisotopic (exact) mass is 377 g/mol. The highest BCUT2D eigenvalue weighted by Crippen LogP contribution is 2.20. The van der Waals surface area contributed by atoms with Crippen molar-refractivity contribution in [3.05, 3.63) is 56.0 Å². The van der Waals surface area contributed by atoms with E-state index in [0.717, 1.165) is 37.2 Å². The number of piperidine rings is 1. The van der Waals surface area contributed by atoms with Crippen LogP contribution in [0, 0.1) is 16.0 Å². The number of hydrogen-bond donors (Lipinski definition) is 1. The van der Waals surface area contributed by atoms with E-state index in [4.69, 9.17) is 11.6 Å². The van der Waals surface area contributed by atoms with Gasteiger partial charge in [-0.1, -0.05) is 11.6 Å². The molecular formula is C17H20ClN5O3. The molecule has 1 N–H and O–H groups in total. The molecule has 0 amide bonds. The van der Waals surface area contributed by atoms with Crippen LogP contribution in [-0.2, 0) is 0 Å². The van der Waals surface area contributed by atoms with Crippen molar-refractivity contribution < 1.29 is 4.92 Å². The van der Waals surface area contributed by atoms with Gasteiger partial charge in [0.15, 0.2) is 0 Å². The summed E-state index contributed by atoms with van der Waals surface area (Å²) in [5.41, 5.74) is 0.404. The molecular weight excluding hydrogens is 358 g/mol. The molecule has 1 atom stereocenters. The van der Waals surface area contributed by atoms with Crippen molar-refractivity contribution in [2.45, 2.75) is 12.8 Å². The summed E-state index contributed by atoms with van der Waals surface area (Å²) < 4.78 is 1.13. The van der Waals surface area contributed by atoms with E-state index in [1.165, 1.54) is 30.5 Å². The molecule has 0 saturated carbocycles. The van der Waals surface area contributed by atoms with Crippen LogP contribution < -0.4 is 10.9 Å². The number of nitrogens with zero attached hydrogens (tertiary/aromatic N) is 4. The van der Waals surface area contributed by atoms with Crippen molar-refractivity contribution >= 4 is 23.0 Å². The van der Waals surface area contributed by atoms with Crippen LogP contribution in [0.15, 0.2) is 35.3 Å². The fraction of sp³-hybridized carbons (Fsp3) is 0.412. The first-order valence-electron chi connectivity index (χ1n) is 8.41. The van der Waals surface area contributed by atoms with Gasteiger partial charge in [-0.05, 0) is 44.5 Å². The first-order chi connectivity index (χ1) is 12.5. The summed E-state index contributed by atoms with van der Waals surface area (Å²) in [5, 5.41) is 18.1. The highest BCUT2D eigenvalue weighted by atomic mass is 35.5. The van der Waals surface area contributed by atoms with E-state index in [1.807, 2.05) is 0 Å². The lowest BCUT2D eigenvalue weighted by Crippen LogP contribution is -2.35. The van der Waals surface area contributed by atoms with E-state index in [1.54, 1.807) is 0 Å². The largest absolute Gasteiger partial charge is 0.382 e. The number of likely N-dealkylation sites (tertiary alicyclic amines) is 1. The van der Waals surface area contributed by atoms with Crippen LogP contribution in [0.1, 0.15) is 12.8 Å². The molecule has 0 aliphatic carbocycles. The Bertz CT molecular complexity index is 852. The molecule has 2 heterocycles. The number of aromatic nitrogens is 2. The van der Waals surface area contributed by atoms with E-state index in [9.17, 15) is 14.9 Å². The number of rotatable bonds is 5. The van der Waals surface area contributed by atoms with E-state index in [2.05, 4.69) is 22.4 Å². The lowest BCUT2D eigenvalue weighted by molar-refractivity contribution is -0.384. The Kier molecular flexibility index (Phi) is 5.53. The molecule has 1 fully saturated rings. The number of hydrogen-bond acceptors (Lipinski definition) is 6. The number of benzene rings is 1. The summed E-state index contributed by atoms with van der Waals surface area (Å²) in [6.45, 7) is 2.86. The van der Waals surface area contributed by atoms with Gasteiger partial charge in [0.1, 0.15) is 5.02 Å². The second-order valence-electron chi connectivity index (χ2n) is 6.51. The van der Waals surface area contributed by atoms with E-state index in [-0.39, 0.29) is 10.7 Å². The minimum absolute atomic E-state index is 0.0522. The van der Waals surface area contributed by atoms with Gasteiger partial charge >= 0.3 is 0 Å². The average Bonchev–Trinajstić information content (AvgIpc) is 2.63. The summed E-state index contributed by atoms with van der Waals surface area (Å²) in [4.78, 5) is 25.0. The van der Waals surface area contributed by atoms with E-state index >= 15 is 0 Å². The molecule has 1 aliphatic rings. The van der Waals surface area contributed by atoms with Crippen molar-refractivity contribution in [3.63, 3.8) is 0 Å². The topological polar surface area (TPSA) is 93.3 Å². The van der Waals surface area contributed by atoms with Crippen molar-refractivity contribution in [3.8, 4) is 5.69 Å². The second-order valence-corrected chi connectivity index (χ2v) is 6.89. The maximum absolute atomic E-state index is 12.5. The van der Waals surface area contributed by atoms with Crippen LogP contribution in [0.5, 0.6) is 0 Å². The zero-order valence-corrected chi connectivity index (χ0v) is 15.1. The molecule has 1 saturated heterocycles. The van der Waals surface area contributed by atoms with Crippen molar-refractivity contribution in [1.82, 2.24) is 14.7 Å². The Balaban J connectivity index is 1.75. The molecule has 1 unspecified atom stereocenters. The summed E-state index contributed by atoms with van der Waals surface area (Å²) in [6, 6.07) is 5.58. The van der Waals surface area contributed by atoms with E-state index < -0.39 is 10.5 Å². The van der Waals surface area contributed by atoms with Gasteiger partial charge in [-0.3, -0.25) is 14.9 Å². The third kappa shape index (κ3) is 4.03. The number of halogens is 1. The van der Waals surface area contributed by atoms with Gasteiger partial charge in [0.2, 0.25) is 0 Å². The third-order valence-electron chi connectivity index (χ3n) is 4.53. The fourth-order valence-corrected chi connectivity index (χ4v) is 3.35. The molecule has 1 aromatic carbocycles. The maximum Gasteiger partial charge on any atom is 0.292 e. The number of non-ortho nitro benzene ring substituents is 1. The first kappa shape index (κ1) is 18.3. The summed E-state index contributed by atoms with van der Waals surface area (Å²) in [6.07, 6.45) is 3.82. The van der Waals surface area contributed by atoms with Crippen molar-refractivity contribution in [1.29, 1.82) is 0 Å². The predicted molar refractivity (Wildman–Crippen MR) is 100 cm³/mol. The van der Waals surface area contributed by atoms with Gasteiger partial charge in [-0.2, -0.15) is 9.78 Å². The molecule has 8 nitrogen and oxygen atoms in total. The zero-order valence-electron chi connectivity index (χ0n) is 14.4. The fourth-order valence-electron chi connectivity index (χ4n) is 3.15. The zero-order chi connectivity index (χ0) is 18.7. The quantitative estimate of drug-likeness (QED) is 0.635. The van der Waals surface area contributed by atoms with Gasteiger partial charge in [-0.25, -0.2) is 0 Å². The van der Waals surface area contributed by atoms with Crippen molar-refractivity contribution in [2.24, 2.45) is 5.92 Å². The average molecular weight is 378 g/mol. The van der Waals surface area contributed by atoms with Gasteiger partial charge < -0.3 is 10.2 Å². The van der Waals surface area contributed by atoms with E-state index in [0.29, 0.717) is 17.3 Å². The Morgan fingerprint density at radius 1 is 1.38 bits per heavy atom. The number of nitro benzene ring substituents is 1. The normalized spacial score (nSPS) is 17.8. The molecule has 0 spiro atoms. The second kappa shape index (κ2) is 7.84. The van der Waals surface area contributed by atoms with Gasteiger partial charge in [0.05, 0.1) is 22.5 Å². The van der Waals surface area contributed by atoms with Crippen LogP contribution in [0.25, 0.3) is 5.69 Å². The first-order valence-corrected chi connectivity index (χ1v) is 8.78. The Hall–Kier alpha value is -2.45. The smallest absolute Gasteiger partial charge is 0.292 e. The summed E-state index contributed by atoms with van der Waals surface area (Å²) in [5.74, 6) is 0.502. The molecule has 0 radical (unpaired) electrons. The van der Waals surface area contributed by atoms with Gasteiger partial charge in [-0.15, -0.1) is 0 Å². The van der Waals surface area contributed by atoms with Gasteiger partial charge in [0, 0.05) is 25.2 Å². The molecule has 1 aromatic heterocycles. The highest BCUT2D eigenvalue weighted by molar-refractivity contribution is 6.32. The molecule has 2 aromatic rings. The highest BCUT2D eigenvalue weighted by Gasteiger charge is 2.18. The maximum atomic E-state index is 12.5. The summed E-state index contributed by atoms with van der Waals surface area (Å²) >= 11 is 6.22. The van der Waals surface area contributed by atoms with Crippen LogP contribution in [0.4, 0.5) is 11.4 Å². The van der Waals surface area contributed by atoms with Gasteiger partial charge in [0.25, 0.3) is 11.2 Å². The molecule has 3 rings (SSSR count). The predicted octanol–water partition coefficient (Wildman–Crippen LogP) is 2.55. The van der Waals surface area contributed by atoms with Crippen LogP contribution in [-0.4, -0.2) is 46.3 Å². The van der Waals surface area contributed by atoms with Crippen molar-refractivity contribution in [2.75, 3.05) is 32.0 Å². The number of nitrogens with one attached hydrogen (secondary N) is 1. The molecule has 138 valence electrons. The number of nitro groups is 1. The lowest BCUT2D eigenvalue weighted by Gasteiger charge is -2.30. The molecule has 26 heavy (non-hydrogen) atoms. The van der Waals surface area contributed by atoms with Crippen LogP contribution in [0.3, 0.4) is 0 Å². The summed E-state index contributed by atoms with van der Waals surface area (Å²) in [7, 11) is 2.10. The molecule has 1 aliphatic heterocycles. The molecule has 0 bridgehead atoms. The Labute approximate surface area is 155 Å². The number of anilines is 1. The molecule has 9 heteroatoms.